The molecule has 202 valence electrons. The predicted octanol–water partition coefficient (Wildman–Crippen LogP) is 9.86. The number of phenols is 1. The molecule has 1 rings (SSSR count). The van der Waals surface area contributed by atoms with Gasteiger partial charge < -0.3 is 10.2 Å². The van der Waals surface area contributed by atoms with Gasteiger partial charge in [0.25, 0.3) is 0 Å². The molecule has 0 aliphatic carbocycles. The van der Waals surface area contributed by atoms with Gasteiger partial charge in [0, 0.05) is 6.42 Å². The minimum atomic E-state index is -0.663. The first-order chi connectivity index (χ1) is 16.4. The van der Waals surface area contributed by atoms with E-state index in [1.54, 1.807) is 0 Å². The van der Waals surface area contributed by atoms with Gasteiger partial charge in [0.15, 0.2) is 0 Å². The number of benzene rings is 1. The first kappa shape index (κ1) is 31.5. The van der Waals surface area contributed by atoms with Gasteiger partial charge in [0.05, 0.1) is 0 Å². The third-order valence-electron chi connectivity index (χ3n) is 7.17. The Morgan fingerprint density at radius 2 is 0.971 bits per heavy atom. The molecule has 0 aliphatic rings. The number of hydrogen-bond acceptors (Lipinski definition) is 2. The van der Waals surface area contributed by atoms with Crippen molar-refractivity contribution in [2.24, 2.45) is 0 Å². The van der Waals surface area contributed by atoms with Gasteiger partial charge in [-0.15, -0.1) is 0 Å². The maximum Gasteiger partial charge on any atom is 0.303 e. The highest BCUT2D eigenvalue weighted by Crippen LogP contribution is 2.37. The molecule has 0 spiro atoms. The fraction of sp³-hybridized carbons (Fsp3) is 0.781. The lowest BCUT2D eigenvalue weighted by Crippen LogP contribution is -2.18. The number of aryl methyl sites for hydroxylation is 1. The molecule has 0 heterocycles. The van der Waals surface area contributed by atoms with Crippen LogP contribution in [-0.2, 0) is 22.0 Å². The van der Waals surface area contributed by atoms with E-state index in [2.05, 4.69) is 47.6 Å². The monoisotopic (exact) mass is 488 g/mol. The number of carbonyl (C=O) groups is 1. The first-order valence-corrected chi connectivity index (χ1v) is 14.5. The van der Waals surface area contributed by atoms with Crippen molar-refractivity contribution in [3.05, 3.63) is 28.8 Å². The number of unbranched alkanes of at least 4 members (excludes halogenated alkanes) is 14. The molecule has 0 radical (unpaired) electrons. The predicted molar refractivity (Wildman–Crippen MR) is 151 cm³/mol. The van der Waals surface area contributed by atoms with Crippen molar-refractivity contribution in [1.82, 2.24) is 0 Å². The summed E-state index contributed by atoms with van der Waals surface area (Å²) in [6.07, 6.45) is 20.5. The third-order valence-corrected chi connectivity index (χ3v) is 7.17. The number of aliphatic carboxylic acids is 1. The van der Waals surface area contributed by atoms with Crippen molar-refractivity contribution in [3.63, 3.8) is 0 Å². The Morgan fingerprint density at radius 3 is 1.34 bits per heavy atom. The normalized spacial score (nSPS) is 12.3. The summed E-state index contributed by atoms with van der Waals surface area (Å²) in [5.41, 5.74) is 3.78. The van der Waals surface area contributed by atoms with E-state index in [0.717, 1.165) is 24.8 Å². The van der Waals surface area contributed by atoms with E-state index >= 15 is 0 Å². The van der Waals surface area contributed by atoms with Crippen LogP contribution in [0.15, 0.2) is 12.1 Å². The summed E-state index contributed by atoms with van der Waals surface area (Å²) in [6.45, 7) is 13.3. The van der Waals surface area contributed by atoms with E-state index in [4.69, 9.17) is 5.11 Å². The molecule has 1 aromatic carbocycles. The van der Waals surface area contributed by atoms with Gasteiger partial charge in [-0.3, -0.25) is 4.79 Å². The maximum atomic E-state index is 10.6. The second-order valence-electron chi connectivity index (χ2n) is 12.7. The SMILES string of the molecule is CC(C)(C)c1cc(CCCCCCCCCCCCCCCCCC(=O)O)c(C(C)(C)C)cc1O. The lowest BCUT2D eigenvalue weighted by Gasteiger charge is -2.28. The summed E-state index contributed by atoms with van der Waals surface area (Å²) in [6, 6.07) is 4.30. The van der Waals surface area contributed by atoms with E-state index in [9.17, 15) is 9.90 Å². The van der Waals surface area contributed by atoms with Crippen LogP contribution in [0.25, 0.3) is 0 Å². The van der Waals surface area contributed by atoms with E-state index < -0.39 is 5.97 Å². The van der Waals surface area contributed by atoms with E-state index in [-0.39, 0.29) is 10.8 Å². The Labute approximate surface area is 217 Å². The van der Waals surface area contributed by atoms with Gasteiger partial charge in [0.2, 0.25) is 0 Å². The summed E-state index contributed by atoms with van der Waals surface area (Å²) >= 11 is 0. The zero-order chi connectivity index (χ0) is 26.3. The van der Waals surface area contributed by atoms with Crippen LogP contribution in [0.5, 0.6) is 5.75 Å². The average molecular weight is 489 g/mol. The number of phenolic OH excluding ortho intramolecular Hbond substituents is 1. The van der Waals surface area contributed by atoms with Crippen LogP contribution in [0.1, 0.15) is 161 Å². The number of hydrogen-bond donors (Lipinski definition) is 2. The molecule has 0 aliphatic heterocycles. The summed E-state index contributed by atoms with van der Waals surface area (Å²) in [5.74, 6) is -0.220. The molecule has 1 aromatic rings. The standard InChI is InChI=1S/C32H56O3/c1-31(2,3)27-25-29(33)28(32(4,5)6)24-26(27)22-20-18-16-14-12-10-8-7-9-11-13-15-17-19-21-23-30(34)35/h24-25,33H,7-23H2,1-6H3,(H,34,35). The fourth-order valence-corrected chi connectivity index (χ4v) is 5.03. The van der Waals surface area contributed by atoms with Gasteiger partial charge >= 0.3 is 5.97 Å². The Balaban J connectivity index is 2.14. The molecule has 0 atom stereocenters. The van der Waals surface area contributed by atoms with Gasteiger partial charge in [-0.25, -0.2) is 0 Å². The van der Waals surface area contributed by atoms with Crippen molar-refractivity contribution < 1.29 is 15.0 Å². The van der Waals surface area contributed by atoms with Crippen molar-refractivity contribution >= 4 is 5.97 Å². The zero-order valence-electron chi connectivity index (χ0n) is 24.0. The molecular weight excluding hydrogens is 432 g/mol. The van der Waals surface area contributed by atoms with Crippen molar-refractivity contribution in [3.8, 4) is 5.75 Å². The molecule has 0 aromatic heterocycles. The topological polar surface area (TPSA) is 57.5 Å². The molecule has 0 fully saturated rings. The molecule has 3 nitrogen and oxygen atoms in total. The minimum Gasteiger partial charge on any atom is -0.508 e. The largest absolute Gasteiger partial charge is 0.508 e. The number of carboxylic acid groups (broad SMARTS) is 1. The Hall–Kier alpha value is -1.51. The molecular formula is C32H56O3. The lowest BCUT2D eigenvalue weighted by atomic mass is 9.78. The van der Waals surface area contributed by atoms with Crippen LogP contribution in [0.2, 0.25) is 0 Å². The summed E-state index contributed by atoms with van der Waals surface area (Å²) in [5, 5.41) is 19.3. The fourth-order valence-electron chi connectivity index (χ4n) is 5.03. The molecule has 0 saturated heterocycles. The summed E-state index contributed by atoms with van der Waals surface area (Å²) < 4.78 is 0. The van der Waals surface area contributed by atoms with Gasteiger partial charge in [-0.2, -0.15) is 0 Å². The van der Waals surface area contributed by atoms with Crippen molar-refractivity contribution in [1.29, 1.82) is 0 Å². The Morgan fingerprint density at radius 1 is 0.600 bits per heavy atom. The Bertz CT molecular complexity index is 722. The van der Waals surface area contributed by atoms with Crippen LogP contribution >= 0.6 is 0 Å². The number of aromatic hydroxyl groups is 1. The molecule has 0 saturated carbocycles. The van der Waals surface area contributed by atoms with E-state index in [0.29, 0.717) is 12.2 Å². The van der Waals surface area contributed by atoms with Crippen molar-refractivity contribution in [2.75, 3.05) is 0 Å². The molecule has 0 unspecified atom stereocenters. The minimum absolute atomic E-state index is 0.0431. The molecule has 0 bridgehead atoms. The number of carboxylic acids is 1. The highest BCUT2D eigenvalue weighted by Gasteiger charge is 2.24. The van der Waals surface area contributed by atoms with E-state index in [1.165, 1.54) is 94.6 Å². The van der Waals surface area contributed by atoms with Gasteiger partial charge in [0.1, 0.15) is 5.75 Å². The molecule has 0 amide bonds. The van der Waals surface area contributed by atoms with Crippen LogP contribution in [0.4, 0.5) is 0 Å². The van der Waals surface area contributed by atoms with Gasteiger partial charge in [-0.05, 0) is 52.8 Å². The van der Waals surface area contributed by atoms with E-state index in [1.807, 2.05) is 6.07 Å². The third kappa shape index (κ3) is 14.0. The van der Waals surface area contributed by atoms with Gasteiger partial charge in [-0.1, -0.05) is 131 Å². The highest BCUT2D eigenvalue weighted by molar-refractivity contribution is 5.66. The lowest BCUT2D eigenvalue weighted by molar-refractivity contribution is -0.137. The number of rotatable bonds is 18. The zero-order valence-corrected chi connectivity index (χ0v) is 24.0. The smallest absolute Gasteiger partial charge is 0.303 e. The quantitative estimate of drug-likeness (QED) is 0.202. The molecule has 2 N–H and O–H groups in total. The maximum absolute atomic E-state index is 10.6. The first-order valence-electron chi connectivity index (χ1n) is 14.5. The van der Waals surface area contributed by atoms with Crippen LogP contribution < -0.4 is 0 Å². The molecule has 35 heavy (non-hydrogen) atoms. The summed E-state index contributed by atoms with van der Waals surface area (Å²) in [4.78, 5) is 10.5. The summed E-state index contributed by atoms with van der Waals surface area (Å²) in [7, 11) is 0. The van der Waals surface area contributed by atoms with Crippen LogP contribution in [0.3, 0.4) is 0 Å². The van der Waals surface area contributed by atoms with Crippen LogP contribution in [-0.4, -0.2) is 16.2 Å². The molecule has 3 heteroatoms. The van der Waals surface area contributed by atoms with Crippen molar-refractivity contribution in [2.45, 2.75) is 162 Å². The Kier molecular flexibility index (Phi) is 14.7. The second kappa shape index (κ2) is 16.3. The highest BCUT2D eigenvalue weighted by atomic mass is 16.4. The van der Waals surface area contributed by atoms with Crippen LogP contribution in [0, 0.1) is 0 Å². The average Bonchev–Trinajstić information content (AvgIpc) is 2.74. The second-order valence-corrected chi connectivity index (χ2v) is 12.7.